The maximum absolute atomic E-state index is 14.0. The molecule has 0 radical (unpaired) electrons. The van der Waals surface area contributed by atoms with Gasteiger partial charge in [0.1, 0.15) is 11.9 Å². The number of ketones is 1. The summed E-state index contributed by atoms with van der Waals surface area (Å²) in [5, 5.41) is 23.7. The Labute approximate surface area is 229 Å². The Balaban J connectivity index is 2.15. The lowest BCUT2D eigenvalue weighted by Gasteiger charge is -2.59. The Morgan fingerprint density at radius 1 is 0.973 bits per heavy atom. The van der Waals surface area contributed by atoms with Crippen LogP contribution in [0.5, 0.6) is 0 Å². The van der Waals surface area contributed by atoms with E-state index >= 15 is 0 Å². The zero-order valence-electron chi connectivity index (χ0n) is 26.0. The van der Waals surface area contributed by atoms with Crippen LogP contribution in [0.15, 0.2) is 11.8 Å². The maximum atomic E-state index is 14.0. The molecule has 2 fully saturated rings. The number of hydrogen-bond acceptors (Lipinski definition) is 5. The van der Waals surface area contributed by atoms with E-state index in [2.05, 4.69) is 87.7 Å². The van der Waals surface area contributed by atoms with Gasteiger partial charge in [0.15, 0.2) is 14.1 Å². The highest BCUT2D eigenvalue weighted by atomic mass is 28.4. The van der Waals surface area contributed by atoms with Crippen molar-refractivity contribution in [2.45, 2.75) is 143 Å². The topological polar surface area (TPSA) is 76.0 Å². The van der Waals surface area contributed by atoms with Gasteiger partial charge in [0.2, 0.25) is 8.32 Å². The fraction of sp³-hybridized carbons (Fsp3) is 0.900. The summed E-state index contributed by atoms with van der Waals surface area (Å²) in [6, 6.07) is 0. The van der Waals surface area contributed by atoms with Crippen LogP contribution in [-0.2, 0) is 13.6 Å². The second-order valence-electron chi connectivity index (χ2n) is 16.3. The normalized spacial score (nSPS) is 37.3. The minimum Gasteiger partial charge on any atom is -0.547 e. The van der Waals surface area contributed by atoms with Crippen molar-refractivity contribution in [3.8, 4) is 0 Å². The lowest BCUT2D eigenvalue weighted by atomic mass is 9.50. The molecule has 2 N–H and O–H groups in total. The Morgan fingerprint density at radius 3 is 2.03 bits per heavy atom. The minimum atomic E-state index is -2.47. The molecule has 0 aromatic rings. The number of fused-ring (bicyclic) bond motifs is 3. The van der Waals surface area contributed by atoms with Crippen molar-refractivity contribution in [1.29, 1.82) is 0 Å². The number of rotatable bonds is 4. The molecule has 0 aromatic carbocycles. The average molecular weight is 553 g/mol. The molecule has 0 unspecified atom stereocenters. The van der Waals surface area contributed by atoms with Gasteiger partial charge >= 0.3 is 0 Å². The Hall–Kier alpha value is -0.476. The second kappa shape index (κ2) is 9.29. The Bertz CT molecular complexity index is 925. The third kappa shape index (κ3) is 5.21. The van der Waals surface area contributed by atoms with Gasteiger partial charge in [-0.05, 0) is 79.4 Å². The van der Waals surface area contributed by atoms with Crippen molar-refractivity contribution in [2.24, 2.45) is 28.6 Å². The smallest absolute Gasteiger partial charge is 0.250 e. The number of allylic oxidation sites excluding steroid dienone is 2. The van der Waals surface area contributed by atoms with Crippen molar-refractivity contribution >= 4 is 22.4 Å². The minimum absolute atomic E-state index is 0.0395. The number of Topliss-reactive ketones (excluding diaryl/α,β-unsaturated/α-hetero) is 1. The van der Waals surface area contributed by atoms with Gasteiger partial charge in [0.25, 0.3) is 0 Å². The zero-order chi connectivity index (χ0) is 28.6. The molecule has 214 valence electrons. The first kappa shape index (κ1) is 31.1. The maximum Gasteiger partial charge on any atom is 0.250 e. The molecule has 3 rings (SSSR count). The van der Waals surface area contributed by atoms with Crippen LogP contribution in [0.3, 0.4) is 0 Å². The molecule has 0 saturated heterocycles. The number of carbonyl (C=O) groups is 1. The monoisotopic (exact) mass is 552 g/mol. The Kier molecular flexibility index (Phi) is 7.79. The first-order valence-corrected chi connectivity index (χ1v) is 20.2. The van der Waals surface area contributed by atoms with E-state index < -0.39 is 39.9 Å². The third-order valence-corrected chi connectivity index (χ3v) is 20.3. The quantitative estimate of drug-likeness (QED) is 0.281. The fourth-order valence-electron chi connectivity index (χ4n) is 6.35. The molecule has 2 saturated carbocycles. The van der Waals surface area contributed by atoms with E-state index in [1.54, 1.807) is 0 Å². The van der Waals surface area contributed by atoms with Gasteiger partial charge in [0.05, 0.1) is 5.76 Å². The molecule has 37 heavy (non-hydrogen) atoms. The van der Waals surface area contributed by atoms with Crippen LogP contribution in [-0.4, -0.2) is 44.5 Å². The van der Waals surface area contributed by atoms with Gasteiger partial charge in [-0.15, -0.1) is 0 Å². The molecule has 0 aromatic heterocycles. The number of aliphatic hydroxyl groups excluding tert-OH is 1. The van der Waals surface area contributed by atoms with Crippen molar-refractivity contribution in [1.82, 2.24) is 0 Å². The molecule has 3 aliphatic rings. The highest BCUT2D eigenvalue weighted by Crippen LogP contribution is 2.61. The van der Waals surface area contributed by atoms with Crippen LogP contribution in [0.25, 0.3) is 0 Å². The van der Waals surface area contributed by atoms with E-state index in [0.717, 1.165) is 12.2 Å². The molecule has 3 aliphatic carbocycles. The van der Waals surface area contributed by atoms with Crippen LogP contribution in [0.2, 0.25) is 36.3 Å². The van der Waals surface area contributed by atoms with E-state index in [4.69, 9.17) is 8.85 Å². The Morgan fingerprint density at radius 2 is 1.51 bits per heavy atom. The van der Waals surface area contributed by atoms with Gasteiger partial charge in [-0.1, -0.05) is 62.3 Å². The lowest BCUT2D eigenvalue weighted by molar-refractivity contribution is -0.289. The van der Waals surface area contributed by atoms with E-state index in [1.165, 1.54) is 0 Å². The van der Waals surface area contributed by atoms with Gasteiger partial charge < -0.3 is 19.1 Å². The zero-order valence-corrected chi connectivity index (χ0v) is 28.0. The van der Waals surface area contributed by atoms with Crippen molar-refractivity contribution in [3.05, 3.63) is 11.8 Å². The third-order valence-electron chi connectivity index (χ3n) is 11.5. The van der Waals surface area contributed by atoms with Gasteiger partial charge in [-0.3, -0.25) is 4.79 Å². The van der Waals surface area contributed by atoms with Crippen LogP contribution in [0.1, 0.15) is 94.4 Å². The standard InChI is InChI=1S/C30H56O5Si2/c1-26(2,3)36(10,11)34-22-15-14-20-18-25(32)29(9)17-16-24(31)30(33,35-37(12,13)27(4,5)6)23(29)19-21(22)28(20,7)8/h15,20-21,23-24,31,33H,14,16-19H2,1-13H3/t20-,21-,23+,24+,29-,30+/m1/s1. The predicted molar refractivity (Wildman–Crippen MR) is 156 cm³/mol. The van der Waals surface area contributed by atoms with E-state index in [1.807, 2.05) is 6.92 Å². The van der Waals surface area contributed by atoms with Crippen LogP contribution in [0.4, 0.5) is 0 Å². The van der Waals surface area contributed by atoms with Crippen LogP contribution in [0, 0.1) is 28.6 Å². The van der Waals surface area contributed by atoms with Crippen molar-refractivity contribution in [3.63, 3.8) is 0 Å². The predicted octanol–water partition coefficient (Wildman–Crippen LogP) is 7.40. The molecular formula is C30H56O5Si2. The van der Waals surface area contributed by atoms with Crippen LogP contribution < -0.4 is 0 Å². The second-order valence-corrected chi connectivity index (χ2v) is 25.7. The molecule has 5 nitrogen and oxygen atoms in total. The van der Waals surface area contributed by atoms with Gasteiger partial charge in [-0.2, -0.15) is 0 Å². The van der Waals surface area contributed by atoms with E-state index in [0.29, 0.717) is 25.7 Å². The summed E-state index contributed by atoms with van der Waals surface area (Å²) >= 11 is 0. The molecule has 2 bridgehead atoms. The van der Waals surface area contributed by atoms with E-state index in [9.17, 15) is 15.0 Å². The summed E-state index contributed by atoms with van der Waals surface area (Å²) in [7, 11) is -4.57. The van der Waals surface area contributed by atoms with E-state index in [-0.39, 0.29) is 33.1 Å². The van der Waals surface area contributed by atoms with Crippen molar-refractivity contribution in [2.75, 3.05) is 0 Å². The molecule has 0 aliphatic heterocycles. The van der Waals surface area contributed by atoms with Gasteiger partial charge in [0, 0.05) is 23.7 Å². The summed E-state index contributed by atoms with van der Waals surface area (Å²) in [5.41, 5.74) is -0.924. The first-order chi connectivity index (χ1) is 16.4. The summed E-state index contributed by atoms with van der Waals surface area (Å²) in [5.74, 6) is -0.776. The summed E-state index contributed by atoms with van der Waals surface area (Å²) in [6.45, 7) is 28.6. The van der Waals surface area contributed by atoms with Crippen molar-refractivity contribution < 1.29 is 23.9 Å². The average Bonchev–Trinajstić information content (AvgIpc) is 2.69. The number of carbonyl (C=O) groups excluding carboxylic acids is 1. The lowest BCUT2D eigenvalue weighted by Crippen LogP contribution is -2.67. The SMILES string of the molecule is CC1(C)[C@@H]2CC=C(O[Si](C)(C)C(C)(C)C)[C@H]1C[C@@H]1[C@](O)(O[Si](C)(C)C(C)(C)C)[C@@H](O)CC[C@@]1(C)C(=O)C2. The summed E-state index contributed by atoms with van der Waals surface area (Å²) < 4.78 is 13.7. The largest absolute Gasteiger partial charge is 0.547 e. The molecule has 0 spiro atoms. The molecular weight excluding hydrogens is 496 g/mol. The van der Waals surface area contributed by atoms with Crippen LogP contribution >= 0.6 is 0 Å². The molecule has 0 heterocycles. The van der Waals surface area contributed by atoms with Gasteiger partial charge in [-0.25, -0.2) is 0 Å². The molecule has 0 amide bonds. The highest BCUT2D eigenvalue weighted by molar-refractivity contribution is 6.74. The first-order valence-electron chi connectivity index (χ1n) is 14.4. The summed E-state index contributed by atoms with van der Waals surface area (Å²) in [6.07, 6.45) is 4.05. The highest BCUT2D eigenvalue weighted by Gasteiger charge is 2.64. The number of hydrogen-bond donors (Lipinski definition) is 2. The fourth-order valence-corrected chi connectivity index (χ4v) is 8.87. The molecule has 7 heteroatoms. The summed E-state index contributed by atoms with van der Waals surface area (Å²) in [4.78, 5) is 14.0. The molecule has 6 atom stereocenters. The number of aliphatic hydroxyl groups is 2.